The summed E-state index contributed by atoms with van der Waals surface area (Å²) in [7, 11) is 1.73. The molecule has 1 aromatic carbocycles. The standard InChI is InChI=1S/C16H24BrNO2/c1-4-7-18-16(14-6-5-8-20-14)12-10-13(17)11(2)9-15(12)19-3/h9-10,14,16,18H,4-8H2,1-3H3. The monoisotopic (exact) mass is 341 g/mol. The molecule has 1 N–H and O–H groups in total. The van der Waals surface area contributed by atoms with Crippen molar-refractivity contribution in [1.29, 1.82) is 0 Å². The minimum atomic E-state index is 0.198. The zero-order valence-corrected chi connectivity index (χ0v) is 14.1. The van der Waals surface area contributed by atoms with Gasteiger partial charge in [0, 0.05) is 16.6 Å². The molecule has 2 unspecified atom stereocenters. The number of rotatable bonds is 6. The van der Waals surface area contributed by atoms with Crippen LogP contribution in [0.5, 0.6) is 5.75 Å². The third-order valence-electron chi connectivity index (χ3n) is 3.80. The van der Waals surface area contributed by atoms with E-state index in [1.54, 1.807) is 7.11 Å². The number of hydrogen-bond acceptors (Lipinski definition) is 3. The van der Waals surface area contributed by atoms with Gasteiger partial charge in [0.15, 0.2) is 0 Å². The van der Waals surface area contributed by atoms with Gasteiger partial charge in [-0.2, -0.15) is 0 Å². The van der Waals surface area contributed by atoms with Gasteiger partial charge in [-0.25, -0.2) is 0 Å². The van der Waals surface area contributed by atoms with Crippen molar-refractivity contribution in [3.05, 3.63) is 27.7 Å². The summed E-state index contributed by atoms with van der Waals surface area (Å²) in [5.41, 5.74) is 2.37. The Morgan fingerprint density at radius 2 is 2.30 bits per heavy atom. The molecule has 4 heteroatoms. The SMILES string of the molecule is CCCNC(c1cc(Br)c(C)cc1OC)C1CCCO1. The van der Waals surface area contributed by atoms with Crippen LogP contribution in [0.1, 0.15) is 43.4 Å². The first-order valence-corrected chi connectivity index (χ1v) is 8.15. The fourth-order valence-corrected chi connectivity index (χ4v) is 3.06. The van der Waals surface area contributed by atoms with Crippen LogP contribution in [0.4, 0.5) is 0 Å². The highest BCUT2D eigenvalue weighted by Crippen LogP contribution is 2.36. The van der Waals surface area contributed by atoms with E-state index < -0.39 is 0 Å². The molecule has 2 atom stereocenters. The Labute approximate surface area is 130 Å². The third-order valence-corrected chi connectivity index (χ3v) is 4.65. The molecule has 112 valence electrons. The molecule has 2 rings (SSSR count). The molecule has 1 aliphatic rings. The molecule has 20 heavy (non-hydrogen) atoms. The summed E-state index contributed by atoms with van der Waals surface area (Å²) in [6.07, 6.45) is 3.60. The number of halogens is 1. The average molecular weight is 342 g/mol. The lowest BCUT2D eigenvalue weighted by Crippen LogP contribution is -2.32. The molecule has 3 nitrogen and oxygen atoms in total. The summed E-state index contributed by atoms with van der Waals surface area (Å²) in [6.45, 7) is 6.11. The Hall–Kier alpha value is -0.580. The fraction of sp³-hybridized carbons (Fsp3) is 0.625. The smallest absolute Gasteiger partial charge is 0.124 e. The first-order chi connectivity index (χ1) is 9.67. The minimum absolute atomic E-state index is 0.198. The van der Waals surface area contributed by atoms with Crippen molar-refractivity contribution in [2.24, 2.45) is 0 Å². The van der Waals surface area contributed by atoms with Crippen LogP contribution >= 0.6 is 15.9 Å². The third kappa shape index (κ3) is 3.54. The van der Waals surface area contributed by atoms with Crippen LogP contribution in [0.15, 0.2) is 16.6 Å². The van der Waals surface area contributed by atoms with Gasteiger partial charge in [-0.15, -0.1) is 0 Å². The van der Waals surface area contributed by atoms with Crippen LogP contribution in [-0.2, 0) is 4.74 Å². The first kappa shape index (κ1) is 15.8. The molecule has 0 aromatic heterocycles. The Bertz CT molecular complexity index is 444. The van der Waals surface area contributed by atoms with Gasteiger partial charge in [0.25, 0.3) is 0 Å². The average Bonchev–Trinajstić information content (AvgIpc) is 2.96. The highest BCUT2D eigenvalue weighted by atomic mass is 79.9. The van der Waals surface area contributed by atoms with Gasteiger partial charge in [0.1, 0.15) is 5.75 Å². The van der Waals surface area contributed by atoms with Crippen molar-refractivity contribution in [1.82, 2.24) is 5.32 Å². The van der Waals surface area contributed by atoms with Gasteiger partial charge >= 0.3 is 0 Å². The van der Waals surface area contributed by atoms with Crippen molar-refractivity contribution < 1.29 is 9.47 Å². The quantitative estimate of drug-likeness (QED) is 0.848. The predicted molar refractivity (Wildman–Crippen MR) is 85.4 cm³/mol. The number of hydrogen-bond donors (Lipinski definition) is 1. The first-order valence-electron chi connectivity index (χ1n) is 7.36. The summed E-state index contributed by atoms with van der Waals surface area (Å²) < 4.78 is 12.6. The van der Waals surface area contributed by atoms with Crippen molar-refractivity contribution in [2.45, 2.75) is 45.3 Å². The summed E-state index contributed by atoms with van der Waals surface area (Å²) >= 11 is 3.63. The van der Waals surface area contributed by atoms with Crippen LogP contribution in [0.3, 0.4) is 0 Å². The molecule has 1 saturated heterocycles. The van der Waals surface area contributed by atoms with Gasteiger partial charge < -0.3 is 14.8 Å². The summed E-state index contributed by atoms with van der Waals surface area (Å²) in [6, 6.07) is 4.46. The molecule has 1 heterocycles. The fourth-order valence-electron chi connectivity index (χ4n) is 2.70. The normalized spacial score (nSPS) is 20.1. The van der Waals surface area contributed by atoms with E-state index >= 15 is 0 Å². The van der Waals surface area contributed by atoms with Gasteiger partial charge in [0.2, 0.25) is 0 Å². The molecule has 1 fully saturated rings. The van der Waals surface area contributed by atoms with Crippen LogP contribution in [0, 0.1) is 6.92 Å². The van der Waals surface area contributed by atoms with Crippen LogP contribution in [0.2, 0.25) is 0 Å². The van der Waals surface area contributed by atoms with E-state index in [1.807, 2.05) is 0 Å². The molecule has 1 aliphatic heterocycles. The summed E-state index contributed by atoms with van der Waals surface area (Å²) in [4.78, 5) is 0. The van der Waals surface area contributed by atoms with Crippen molar-refractivity contribution in [3.63, 3.8) is 0 Å². The van der Waals surface area contributed by atoms with Crippen molar-refractivity contribution >= 4 is 15.9 Å². The van der Waals surface area contributed by atoms with Crippen LogP contribution in [-0.4, -0.2) is 26.4 Å². The summed E-state index contributed by atoms with van der Waals surface area (Å²) in [5.74, 6) is 0.940. The largest absolute Gasteiger partial charge is 0.496 e. The minimum Gasteiger partial charge on any atom is -0.496 e. The van der Waals surface area contributed by atoms with Gasteiger partial charge in [0.05, 0.1) is 19.3 Å². The Balaban J connectivity index is 2.33. The van der Waals surface area contributed by atoms with Crippen LogP contribution in [0.25, 0.3) is 0 Å². The van der Waals surface area contributed by atoms with Crippen molar-refractivity contribution in [3.8, 4) is 5.75 Å². The number of aryl methyl sites for hydroxylation is 1. The van der Waals surface area contributed by atoms with E-state index in [9.17, 15) is 0 Å². The van der Waals surface area contributed by atoms with E-state index in [-0.39, 0.29) is 12.1 Å². The predicted octanol–water partition coefficient (Wildman–Crippen LogP) is 3.99. The second-order valence-electron chi connectivity index (χ2n) is 5.33. The lowest BCUT2D eigenvalue weighted by molar-refractivity contribution is 0.0774. The maximum Gasteiger partial charge on any atom is 0.124 e. The highest BCUT2D eigenvalue weighted by molar-refractivity contribution is 9.10. The van der Waals surface area contributed by atoms with E-state index in [1.165, 1.54) is 11.1 Å². The maximum absolute atomic E-state index is 5.90. The molecular formula is C16H24BrNO2. The molecule has 0 bridgehead atoms. The molecule has 0 aliphatic carbocycles. The Kier molecular flexibility index (Phi) is 5.87. The lowest BCUT2D eigenvalue weighted by Gasteiger charge is -2.27. The lowest BCUT2D eigenvalue weighted by atomic mass is 9.97. The molecule has 0 saturated carbocycles. The second-order valence-corrected chi connectivity index (χ2v) is 6.18. The zero-order chi connectivity index (χ0) is 14.5. The van der Waals surface area contributed by atoms with E-state index in [4.69, 9.17) is 9.47 Å². The Morgan fingerprint density at radius 1 is 1.50 bits per heavy atom. The number of ether oxygens (including phenoxy) is 2. The van der Waals surface area contributed by atoms with Crippen molar-refractivity contribution in [2.75, 3.05) is 20.3 Å². The molecule has 0 radical (unpaired) electrons. The van der Waals surface area contributed by atoms with E-state index in [0.717, 1.165) is 42.6 Å². The molecule has 1 aromatic rings. The molecule has 0 amide bonds. The van der Waals surface area contributed by atoms with E-state index in [2.05, 4.69) is 47.2 Å². The maximum atomic E-state index is 5.90. The molecular weight excluding hydrogens is 318 g/mol. The molecule has 0 spiro atoms. The van der Waals surface area contributed by atoms with Crippen LogP contribution < -0.4 is 10.1 Å². The number of methoxy groups -OCH3 is 1. The van der Waals surface area contributed by atoms with Gasteiger partial charge in [-0.05, 0) is 50.4 Å². The number of nitrogens with one attached hydrogen (secondary N) is 1. The Morgan fingerprint density at radius 3 is 2.90 bits per heavy atom. The zero-order valence-electron chi connectivity index (χ0n) is 12.5. The topological polar surface area (TPSA) is 30.5 Å². The van der Waals surface area contributed by atoms with Gasteiger partial charge in [-0.3, -0.25) is 0 Å². The highest BCUT2D eigenvalue weighted by Gasteiger charge is 2.29. The number of benzene rings is 1. The van der Waals surface area contributed by atoms with E-state index in [0.29, 0.717) is 0 Å². The summed E-state index contributed by atoms with van der Waals surface area (Å²) in [5, 5.41) is 3.62. The van der Waals surface area contributed by atoms with Gasteiger partial charge in [-0.1, -0.05) is 22.9 Å². The second kappa shape index (κ2) is 7.43.